The van der Waals surface area contributed by atoms with Crippen LogP contribution in [-0.4, -0.2) is 35.7 Å². The minimum atomic E-state index is -0.716. The highest BCUT2D eigenvalue weighted by Gasteiger charge is 2.20. The molecule has 0 aromatic heterocycles. The van der Waals surface area contributed by atoms with Crippen molar-refractivity contribution in [3.8, 4) is 0 Å². The molecule has 0 aliphatic heterocycles. The van der Waals surface area contributed by atoms with Gasteiger partial charge >= 0.3 is 0 Å². The topological polar surface area (TPSA) is 3.24 Å². The van der Waals surface area contributed by atoms with Crippen LogP contribution in [0.15, 0.2) is 24.8 Å². The summed E-state index contributed by atoms with van der Waals surface area (Å²) in [4.78, 5) is 0. The van der Waals surface area contributed by atoms with Crippen molar-refractivity contribution >= 4 is 10.2 Å². The Kier molecular flexibility index (Phi) is 8.71. The summed E-state index contributed by atoms with van der Waals surface area (Å²) in [6.07, 6.45) is 11.9. The minimum Gasteiger partial charge on any atom is -0.268 e. The van der Waals surface area contributed by atoms with E-state index in [4.69, 9.17) is 0 Å². The Morgan fingerprint density at radius 2 is 1.59 bits per heavy atom. The third-order valence-electron chi connectivity index (χ3n) is 3.05. The maximum absolute atomic E-state index is 4.08. The molecule has 0 unspecified atom stereocenters. The Balaban J connectivity index is 4.49. The van der Waals surface area contributed by atoms with Crippen LogP contribution in [-0.2, 0) is 0 Å². The fourth-order valence-electron chi connectivity index (χ4n) is 1.88. The zero-order valence-electron chi connectivity index (χ0n) is 12.3. The van der Waals surface area contributed by atoms with Gasteiger partial charge in [0.1, 0.15) is 0 Å². The number of nitrogens with zero attached hydrogens (tertiary/aromatic N) is 1. The van der Waals surface area contributed by atoms with E-state index in [1.807, 2.05) is 6.08 Å². The Morgan fingerprint density at radius 1 is 1.12 bits per heavy atom. The highest BCUT2D eigenvalue weighted by Crippen LogP contribution is 2.45. The van der Waals surface area contributed by atoms with Crippen molar-refractivity contribution in [2.45, 2.75) is 39.5 Å². The number of hydrogen-bond donors (Lipinski definition) is 0. The highest BCUT2D eigenvalue weighted by molar-refractivity contribution is 8.30. The molecule has 0 saturated heterocycles. The van der Waals surface area contributed by atoms with Gasteiger partial charge in [-0.2, -0.15) is 10.2 Å². The number of allylic oxidation sites excluding steroid dienone is 1. The molecule has 0 atom stereocenters. The van der Waals surface area contributed by atoms with Crippen molar-refractivity contribution in [3.05, 3.63) is 24.8 Å². The second kappa shape index (κ2) is 8.82. The molecular formula is C15H31NS. The summed E-state index contributed by atoms with van der Waals surface area (Å²) in [5.74, 6) is 1.10. The normalized spacial score (nSPS) is 12.8. The van der Waals surface area contributed by atoms with Gasteiger partial charge in [0.05, 0.1) is 0 Å². The maximum Gasteiger partial charge on any atom is 0.0133 e. The summed E-state index contributed by atoms with van der Waals surface area (Å²) in [5, 5.41) is 0. The Labute approximate surface area is 110 Å². The maximum atomic E-state index is 4.08. The molecule has 2 heteroatoms. The largest absolute Gasteiger partial charge is 0.268 e. The van der Waals surface area contributed by atoms with Gasteiger partial charge in [0.25, 0.3) is 0 Å². The van der Waals surface area contributed by atoms with E-state index in [9.17, 15) is 0 Å². The van der Waals surface area contributed by atoms with Crippen LogP contribution >= 0.6 is 10.2 Å². The highest BCUT2D eigenvalue weighted by atomic mass is 32.3. The molecule has 17 heavy (non-hydrogen) atoms. The monoisotopic (exact) mass is 257 g/mol. The molecule has 1 nitrogen and oxygen atoms in total. The van der Waals surface area contributed by atoms with Crippen LogP contribution in [0.25, 0.3) is 0 Å². The number of unbranched alkanes of at least 4 members (excludes halogenated alkanes) is 2. The minimum absolute atomic E-state index is 0.716. The molecule has 0 radical (unpaired) electrons. The lowest BCUT2D eigenvalue weighted by atomic mass is 10.3. The first-order valence-corrected chi connectivity index (χ1v) is 9.31. The van der Waals surface area contributed by atoms with Crippen molar-refractivity contribution in [3.63, 3.8) is 0 Å². The molecule has 0 saturated carbocycles. The van der Waals surface area contributed by atoms with Crippen LogP contribution in [0, 0.1) is 0 Å². The van der Waals surface area contributed by atoms with Crippen LogP contribution in [0.1, 0.15) is 39.5 Å². The fourth-order valence-corrected chi connectivity index (χ4v) is 4.33. The average Bonchev–Trinajstić information content (AvgIpc) is 2.28. The standard InChI is InChI=1S/C15H31NS/c1-7-10-12-16(13-11-8-2)17(5,6)14-15(4)9-3/h9H,3-4,7-8,10-14H2,1-2,5-6H3. The zero-order chi connectivity index (χ0) is 13.3. The van der Waals surface area contributed by atoms with Crippen LogP contribution in [0.4, 0.5) is 0 Å². The van der Waals surface area contributed by atoms with Crippen LogP contribution in [0.2, 0.25) is 0 Å². The molecule has 0 rings (SSSR count). The summed E-state index contributed by atoms with van der Waals surface area (Å²) in [7, 11) is -0.716. The quantitative estimate of drug-likeness (QED) is 0.517. The second-order valence-electron chi connectivity index (χ2n) is 5.12. The van der Waals surface area contributed by atoms with E-state index in [1.165, 1.54) is 44.3 Å². The molecule has 0 heterocycles. The van der Waals surface area contributed by atoms with Gasteiger partial charge in [0.2, 0.25) is 0 Å². The molecule has 0 fully saturated rings. The Morgan fingerprint density at radius 3 is 1.94 bits per heavy atom. The first-order chi connectivity index (χ1) is 7.97. The number of hydrogen-bond acceptors (Lipinski definition) is 1. The summed E-state index contributed by atoms with van der Waals surface area (Å²) >= 11 is 0. The predicted octanol–water partition coefficient (Wildman–Crippen LogP) is 4.61. The van der Waals surface area contributed by atoms with Crippen LogP contribution < -0.4 is 0 Å². The van der Waals surface area contributed by atoms with E-state index in [0.717, 1.165) is 5.75 Å². The first-order valence-electron chi connectivity index (χ1n) is 6.74. The van der Waals surface area contributed by atoms with Gasteiger partial charge in [-0.05, 0) is 30.9 Å². The van der Waals surface area contributed by atoms with Crippen molar-refractivity contribution in [2.24, 2.45) is 0 Å². The third kappa shape index (κ3) is 6.95. The van der Waals surface area contributed by atoms with Crippen molar-refractivity contribution in [1.82, 2.24) is 4.31 Å². The summed E-state index contributed by atoms with van der Waals surface area (Å²) < 4.78 is 2.70. The molecule has 0 aliphatic carbocycles. The van der Waals surface area contributed by atoms with Gasteiger partial charge in [-0.3, -0.25) is 4.31 Å². The summed E-state index contributed by atoms with van der Waals surface area (Å²) in [5.41, 5.74) is 1.18. The van der Waals surface area contributed by atoms with Gasteiger partial charge in [-0.1, -0.05) is 45.9 Å². The van der Waals surface area contributed by atoms with E-state index in [1.54, 1.807) is 0 Å². The summed E-state index contributed by atoms with van der Waals surface area (Å²) in [6, 6.07) is 0. The first kappa shape index (κ1) is 16.8. The average molecular weight is 257 g/mol. The van der Waals surface area contributed by atoms with E-state index in [0.29, 0.717) is 0 Å². The number of rotatable bonds is 10. The van der Waals surface area contributed by atoms with Gasteiger partial charge in [-0.25, -0.2) is 0 Å². The fraction of sp³-hybridized carbons (Fsp3) is 0.733. The molecule has 0 N–H and O–H groups in total. The second-order valence-corrected chi connectivity index (χ2v) is 8.89. The lowest BCUT2D eigenvalue weighted by Gasteiger charge is -2.44. The summed E-state index contributed by atoms with van der Waals surface area (Å²) in [6.45, 7) is 14.9. The third-order valence-corrected chi connectivity index (χ3v) is 5.89. The molecule has 0 bridgehead atoms. The van der Waals surface area contributed by atoms with Gasteiger partial charge in [0, 0.05) is 18.8 Å². The van der Waals surface area contributed by atoms with E-state index < -0.39 is 10.2 Å². The van der Waals surface area contributed by atoms with Crippen molar-refractivity contribution in [1.29, 1.82) is 0 Å². The Hall–Kier alpha value is -0.210. The van der Waals surface area contributed by atoms with Crippen LogP contribution in [0.5, 0.6) is 0 Å². The van der Waals surface area contributed by atoms with Gasteiger partial charge in [0.15, 0.2) is 0 Å². The van der Waals surface area contributed by atoms with Crippen LogP contribution in [0.3, 0.4) is 0 Å². The van der Waals surface area contributed by atoms with E-state index >= 15 is 0 Å². The lowest BCUT2D eigenvalue weighted by molar-refractivity contribution is 0.435. The van der Waals surface area contributed by atoms with E-state index in [2.05, 4.69) is 43.8 Å². The van der Waals surface area contributed by atoms with E-state index in [-0.39, 0.29) is 0 Å². The molecule has 0 aliphatic rings. The zero-order valence-corrected chi connectivity index (χ0v) is 13.1. The lowest BCUT2D eigenvalue weighted by Crippen LogP contribution is -2.31. The van der Waals surface area contributed by atoms with Crippen molar-refractivity contribution < 1.29 is 0 Å². The molecule has 0 spiro atoms. The van der Waals surface area contributed by atoms with Gasteiger partial charge in [-0.15, -0.1) is 0 Å². The predicted molar refractivity (Wildman–Crippen MR) is 85.0 cm³/mol. The van der Waals surface area contributed by atoms with Gasteiger partial charge < -0.3 is 0 Å². The SMILES string of the molecule is C=CC(=C)CS(C)(C)N(CCCC)CCCC. The van der Waals surface area contributed by atoms with Crippen molar-refractivity contribution in [2.75, 3.05) is 31.4 Å². The smallest absolute Gasteiger partial charge is 0.0133 e. The molecule has 102 valence electrons. The molecule has 0 aromatic rings. The molecular weight excluding hydrogens is 226 g/mol. The molecule has 0 amide bonds. The Bertz CT molecular complexity index is 225. The molecule has 0 aromatic carbocycles.